The minimum atomic E-state index is 0.693. The van der Waals surface area contributed by atoms with Crippen molar-refractivity contribution < 1.29 is 0 Å². The van der Waals surface area contributed by atoms with Gasteiger partial charge in [0.2, 0.25) is 0 Å². The lowest BCUT2D eigenvalue weighted by atomic mass is 10.2. The second-order valence-corrected chi connectivity index (χ2v) is 5.05. The Kier molecular flexibility index (Phi) is 2.79. The van der Waals surface area contributed by atoms with Crippen LogP contribution in [0.15, 0.2) is 64.5 Å². The molecular formula is C15H10N2S. The van der Waals surface area contributed by atoms with E-state index in [4.69, 9.17) is 5.26 Å². The summed E-state index contributed by atoms with van der Waals surface area (Å²) in [6.45, 7) is 0. The molecule has 3 rings (SSSR count). The fraction of sp³-hybridized carbons (Fsp3) is 0. The highest BCUT2D eigenvalue weighted by molar-refractivity contribution is 7.99. The molecule has 0 atom stereocenters. The Balaban J connectivity index is 1.94. The third-order valence-electron chi connectivity index (χ3n) is 2.76. The predicted octanol–water partition coefficient (Wildman–Crippen LogP) is 4.19. The molecule has 0 aliphatic heterocycles. The second kappa shape index (κ2) is 4.59. The number of para-hydroxylation sites is 1. The van der Waals surface area contributed by atoms with Gasteiger partial charge in [0.15, 0.2) is 0 Å². The summed E-state index contributed by atoms with van der Waals surface area (Å²) < 4.78 is 0. The van der Waals surface area contributed by atoms with E-state index in [9.17, 15) is 0 Å². The fourth-order valence-electron chi connectivity index (χ4n) is 1.85. The SMILES string of the molecule is N#Cc1ccc(Sc2c[nH]c3ccccc23)cc1. The lowest BCUT2D eigenvalue weighted by Gasteiger charge is -1.99. The van der Waals surface area contributed by atoms with Crippen LogP contribution in [0.1, 0.15) is 5.56 Å². The van der Waals surface area contributed by atoms with Gasteiger partial charge in [-0.3, -0.25) is 0 Å². The van der Waals surface area contributed by atoms with Gasteiger partial charge in [0, 0.05) is 26.9 Å². The van der Waals surface area contributed by atoms with E-state index in [1.807, 2.05) is 42.6 Å². The highest BCUT2D eigenvalue weighted by Crippen LogP contribution is 2.33. The summed E-state index contributed by atoms with van der Waals surface area (Å²) in [5.74, 6) is 0. The fourth-order valence-corrected chi connectivity index (χ4v) is 2.79. The molecule has 1 N–H and O–H groups in total. The number of nitrogens with zero attached hydrogens (tertiary/aromatic N) is 1. The van der Waals surface area contributed by atoms with Crippen molar-refractivity contribution in [2.45, 2.75) is 9.79 Å². The molecule has 18 heavy (non-hydrogen) atoms. The van der Waals surface area contributed by atoms with Crippen LogP contribution in [0.4, 0.5) is 0 Å². The van der Waals surface area contributed by atoms with Crippen molar-refractivity contribution in [2.75, 3.05) is 0 Å². The molecule has 1 heterocycles. The van der Waals surface area contributed by atoms with E-state index in [-0.39, 0.29) is 0 Å². The van der Waals surface area contributed by atoms with E-state index in [1.54, 1.807) is 11.8 Å². The number of rotatable bonds is 2. The van der Waals surface area contributed by atoms with E-state index in [1.165, 1.54) is 10.3 Å². The van der Waals surface area contributed by atoms with Gasteiger partial charge in [0.1, 0.15) is 0 Å². The third-order valence-corrected chi connectivity index (χ3v) is 3.83. The molecule has 0 bridgehead atoms. The van der Waals surface area contributed by atoms with Crippen LogP contribution < -0.4 is 0 Å². The molecule has 3 aromatic rings. The normalized spacial score (nSPS) is 10.4. The molecule has 0 fully saturated rings. The number of hydrogen-bond donors (Lipinski definition) is 1. The topological polar surface area (TPSA) is 39.6 Å². The lowest BCUT2D eigenvalue weighted by molar-refractivity contribution is 1.38. The molecule has 0 spiro atoms. The van der Waals surface area contributed by atoms with Crippen LogP contribution >= 0.6 is 11.8 Å². The smallest absolute Gasteiger partial charge is 0.0991 e. The van der Waals surface area contributed by atoms with Gasteiger partial charge in [-0.2, -0.15) is 5.26 Å². The van der Waals surface area contributed by atoms with Gasteiger partial charge in [-0.15, -0.1) is 0 Å². The molecule has 0 unspecified atom stereocenters. The molecule has 2 aromatic carbocycles. The Morgan fingerprint density at radius 3 is 2.56 bits per heavy atom. The summed E-state index contributed by atoms with van der Waals surface area (Å²) in [5, 5.41) is 9.99. The number of aromatic amines is 1. The Hall–Kier alpha value is -2.18. The van der Waals surface area contributed by atoms with Crippen LogP contribution in [0.5, 0.6) is 0 Å². The van der Waals surface area contributed by atoms with Crippen LogP contribution in [0, 0.1) is 11.3 Å². The number of nitrogens with one attached hydrogen (secondary N) is 1. The maximum atomic E-state index is 8.76. The van der Waals surface area contributed by atoms with E-state index >= 15 is 0 Å². The van der Waals surface area contributed by atoms with Gasteiger partial charge >= 0.3 is 0 Å². The van der Waals surface area contributed by atoms with Crippen LogP contribution in [0.3, 0.4) is 0 Å². The van der Waals surface area contributed by atoms with Crippen molar-refractivity contribution in [3.63, 3.8) is 0 Å². The van der Waals surface area contributed by atoms with E-state index in [0.29, 0.717) is 5.56 Å². The van der Waals surface area contributed by atoms with Crippen LogP contribution in [-0.2, 0) is 0 Å². The molecule has 1 aromatic heterocycles. The first-order valence-corrected chi connectivity index (χ1v) is 6.42. The van der Waals surface area contributed by atoms with Gasteiger partial charge in [0.25, 0.3) is 0 Å². The zero-order valence-electron chi connectivity index (χ0n) is 9.55. The summed E-state index contributed by atoms with van der Waals surface area (Å²) in [5.41, 5.74) is 1.84. The van der Waals surface area contributed by atoms with Gasteiger partial charge < -0.3 is 4.98 Å². The van der Waals surface area contributed by atoms with E-state index < -0.39 is 0 Å². The quantitative estimate of drug-likeness (QED) is 0.740. The molecule has 2 nitrogen and oxygen atoms in total. The number of benzene rings is 2. The summed E-state index contributed by atoms with van der Waals surface area (Å²) >= 11 is 1.70. The number of nitriles is 1. The molecule has 86 valence electrons. The van der Waals surface area contributed by atoms with E-state index in [2.05, 4.69) is 23.2 Å². The predicted molar refractivity (Wildman–Crippen MR) is 73.6 cm³/mol. The first-order chi connectivity index (χ1) is 8.86. The number of hydrogen-bond acceptors (Lipinski definition) is 2. The number of H-pyrrole nitrogens is 1. The monoisotopic (exact) mass is 250 g/mol. The zero-order valence-corrected chi connectivity index (χ0v) is 10.4. The average Bonchev–Trinajstić information content (AvgIpc) is 2.83. The lowest BCUT2D eigenvalue weighted by Crippen LogP contribution is -1.75. The molecule has 0 amide bonds. The van der Waals surface area contributed by atoms with Crippen molar-refractivity contribution >= 4 is 22.7 Å². The van der Waals surface area contributed by atoms with Crippen molar-refractivity contribution in [2.24, 2.45) is 0 Å². The van der Waals surface area contributed by atoms with Crippen LogP contribution in [0.2, 0.25) is 0 Å². The summed E-state index contributed by atoms with van der Waals surface area (Å²) in [6.07, 6.45) is 2.02. The molecular weight excluding hydrogens is 240 g/mol. The maximum Gasteiger partial charge on any atom is 0.0991 e. The number of fused-ring (bicyclic) bond motifs is 1. The average molecular weight is 250 g/mol. The standard InChI is InChI=1S/C15H10N2S/c16-9-11-5-7-12(8-6-11)18-15-10-17-14-4-2-1-3-13(14)15/h1-8,10,17H. The number of aromatic nitrogens is 1. The molecule has 3 heteroatoms. The summed E-state index contributed by atoms with van der Waals surface area (Å²) in [7, 11) is 0. The Morgan fingerprint density at radius 1 is 1.00 bits per heavy atom. The van der Waals surface area contributed by atoms with Crippen molar-refractivity contribution in [1.82, 2.24) is 4.98 Å². The third kappa shape index (κ3) is 1.99. The Labute approximate surface area is 109 Å². The summed E-state index contributed by atoms with van der Waals surface area (Å²) in [6, 6.07) is 18.0. The largest absolute Gasteiger partial charge is 0.360 e. The molecule has 0 radical (unpaired) electrons. The first-order valence-electron chi connectivity index (χ1n) is 5.61. The molecule has 0 saturated carbocycles. The van der Waals surface area contributed by atoms with Gasteiger partial charge in [-0.05, 0) is 30.3 Å². The highest BCUT2D eigenvalue weighted by atomic mass is 32.2. The van der Waals surface area contributed by atoms with Gasteiger partial charge in [-0.1, -0.05) is 30.0 Å². The molecule has 0 saturated heterocycles. The maximum absolute atomic E-state index is 8.76. The van der Waals surface area contributed by atoms with Crippen LogP contribution in [0.25, 0.3) is 10.9 Å². The van der Waals surface area contributed by atoms with Crippen molar-refractivity contribution in [1.29, 1.82) is 5.26 Å². The van der Waals surface area contributed by atoms with Crippen molar-refractivity contribution in [3.8, 4) is 6.07 Å². The van der Waals surface area contributed by atoms with Crippen molar-refractivity contribution in [3.05, 3.63) is 60.3 Å². The minimum Gasteiger partial charge on any atom is -0.360 e. The van der Waals surface area contributed by atoms with Crippen LogP contribution in [-0.4, -0.2) is 4.98 Å². The zero-order chi connectivity index (χ0) is 12.4. The van der Waals surface area contributed by atoms with Gasteiger partial charge in [-0.25, -0.2) is 0 Å². The molecule has 0 aliphatic carbocycles. The van der Waals surface area contributed by atoms with Gasteiger partial charge in [0.05, 0.1) is 11.6 Å². The first kappa shape index (κ1) is 10.9. The summed E-state index contributed by atoms with van der Waals surface area (Å²) in [4.78, 5) is 5.60. The Bertz CT molecular complexity index is 720. The second-order valence-electron chi connectivity index (χ2n) is 3.94. The highest BCUT2D eigenvalue weighted by Gasteiger charge is 2.04. The van der Waals surface area contributed by atoms with E-state index in [0.717, 1.165) is 10.4 Å². The molecule has 0 aliphatic rings. The minimum absolute atomic E-state index is 0.693. The Morgan fingerprint density at radius 2 is 1.78 bits per heavy atom.